The molecule has 64 valence electrons. The third-order valence-electron chi connectivity index (χ3n) is 0.372. The molecule has 0 amide bonds. The van der Waals surface area contributed by atoms with Crippen LogP contribution in [-0.2, 0) is 14.6 Å². The van der Waals surface area contributed by atoms with Gasteiger partial charge in [0.15, 0.2) is 6.61 Å². The molecule has 0 aliphatic rings. The molecule has 0 unspecified atom stereocenters. The molecular formula is C2H4F3LiO4S. The Balaban J connectivity index is -0.000000405. The molecule has 0 aromatic rings. The van der Waals surface area contributed by atoms with E-state index in [2.05, 4.69) is 4.18 Å². The molecule has 0 fully saturated rings. The first-order valence-electron chi connectivity index (χ1n) is 1.89. The first-order valence-corrected chi connectivity index (χ1v) is 3.26. The van der Waals surface area contributed by atoms with E-state index in [4.69, 9.17) is 4.55 Å². The predicted molar refractivity (Wildman–Crippen MR) is 24.7 cm³/mol. The Morgan fingerprint density at radius 1 is 1.45 bits per heavy atom. The Morgan fingerprint density at radius 2 is 1.82 bits per heavy atom. The maximum atomic E-state index is 11.1. The first kappa shape index (κ1) is 13.8. The summed E-state index contributed by atoms with van der Waals surface area (Å²) < 4.78 is 62.9. The summed E-state index contributed by atoms with van der Waals surface area (Å²) in [5.74, 6) is 0. The van der Waals surface area contributed by atoms with Crippen LogP contribution in [0.2, 0.25) is 0 Å². The Labute approximate surface area is 74.3 Å². The summed E-state index contributed by atoms with van der Waals surface area (Å²) in [7, 11) is -4.98. The number of halogens is 3. The fourth-order valence-electron chi connectivity index (χ4n) is 0.141. The maximum Gasteiger partial charge on any atom is 1.00 e. The smallest absolute Gasteiger partial charge is 1.00 e. The number of hydrogen-bond acceptors (Lipinski definition) is 3. The molecule has 11 heavy (non-hydrogen) atoms. The summed E-state index contributed by atoms with van der Waals surface area (Å²) in [5, 5.41) is 0. The van der Waals surface area contributed by atoms with Gasteiger partial charge in [-0.15, -0.1) is 0 Å². The van der Waals surface area contributed by atoms with Crippen LogP contribution in [0.4, 0.5) is 13.2 Å². The average molecular weight is 188 g/mol. The van der Waals surface area contributed by atoms with Crippen molar-refractivity contribution < 1.29 is 50.6 Å². The van der Waals surface area contributed by atoms with Crippen LogP contribution < -0.4 is 18.9 Å². The van der Waals surface area contributed by atoms with Crippen molar-refractivity contribution in [3.05, 3.63) is 0 Å². The zero-order valence-corrected chi connectivity index (χ0v) is 6.24. The van der Waals surface area contributed by atoms with Gasteiger partial charge in [-0.05, 0) is 0 Å². The molecule has 0 aliphatic carbocycles. The Bertz CT molecular complexity index is 201. The van der Waals surface area contributed by atoms with Crippen molar-refractivity contribution in [3.8, 4) is 0 Å². The van der Waals surface area contributed by atoms with Crippen LogP contribution >= 0.6 is 0 Å². The second-order valence-electron chi connectivity index (χ2n) is 1.31. The Hall–Kier alpha value is 0.257. The summed E-state index contributed by atoms with van der Waals surface area (Å²) >= 11 is 0. The minimum Gasteiger partial charge on any atom is -1.00 e. The van der Waals surface area contributed by atoms with Gasteiger partial charge in [-0.25, -0.2) is 4.18 Å². The molecule has 4 nitrogen and oxygen atoms in total. The van der Waals surface area contributed by atoms with Gasteiger partial charge in [0.05, 0.1) is 0 Å². The fourth-order valence-corrected chi connectivity index (χ4v) is 0.424. The minimum atomic E-state index is -4.98. The van der Waals surface area contributed by atoms with E-state index in [9.17, 15) is 21.6 Å². The van der Waals surface area contributed by atoms with Crippen molar-refractivity contribution in [2.75, 3.05) is 6.61 Å². The van der Waals surface area contributed by atoms with E-state index in [-0.39, 0.29) is 20.3 Å². The van der Waals surface area contributed by atoms with Gasteiger partial charge in [-0.1, -0.05) is 0 Å². The molecule has 1 N–H and O–H groups in total. The molecule has 0 saturated heterocycles. The summed E-state index contributed by atoms with van der Waals surface area (Å²) in [6.07, 6.45) is -4.75. The van der Waals surface area contributed by atoms with Crippen molar-refractivity contribution >= 4 is 10.4 Å². The zero-order valence-electron chi connectivity index (χ0n) is 6.42. The number of alkyl halides is 3. The van der Waals surface area contributed by atoms with Gasteiger partial charge in [0, 0.05) is 0 Å². The Morgan fingerprint density at radius 3 is 1.91 bits per heavy atom. The standard InChI is InChI=1S/C2H3F3O4S.Li.H/c3-2(4,5)1-9-10(6,7)8;;/h1H2,(H,6,7,8);;/q;+1;-1. The van der Waals surface area contributed by atoms with Crippen molar-refractivity contribution in [1.82, 2.24) is 0 Å². The summed E-state index contributed by atoms with van der Waals surface area (Å²) in [5.41, 5.74) is 0. The van der Waals surface area contributed by atoms with E-state index >= 15 is 0 Å². The van der Waals surface area contributed by atoms with Gasteiger partial charge in [0.2, 0.25) is 0 Å². The van der Waals surface area contributed by atoms with E-state index in [1.807, 2.05) is 0 Å². The van der Waals surface area contributed by atoms with E-state index in [1.165, 1.54) is 0 Å². The molecule has 0 aromatic carbocycles. The quantitative estimate of drug-likeness (QED) is 0.384. The number of rotatable bonds is 2. The van der Waals surface area contributed by atoms with Crippen molar-refractivity contribution in [2.24, 2.45) is 0 Å². The van der Waals surface area contributed by atoms with Crippen LogP contribution in [0.15, 0.2) is 0 Å². The topological polar surface area (TPSA) is 63.6 Å². The molecule has 0 radical (unpaired) electrons. The van der Waals surface area contributed by atoms with Crippen LogP contribution in [0.1, 0.15) is 1.43 Å². The number of hydrogen-bond donors (Lipinski definition) is 1. The van der Waals surface area contributed by atoms with Crippen LogP contribution in [0, 0.1) is 0 Å². The molecule has 0 saturated carbocycles. The fraction of sp³-hybridized carbons (Fsp3) is 1.00. The minimum absolute atomic E-state index is 0. The maximum absolute atomic E-state index is 11.1. The van der Waals surface area contributed by atoms with Gasteiger partial charge in [-0.2, -0.15) is 21.6 Å². The normalized spacial score (nSPS) is 12.4. The largest absolute Gasteiger partial charge is 1.00 e. The van der Waals surface area contributed by atoms with Gasteiger partial charge >= 0.3 is 35.4 Å². The molecule has 0 spiro atoms. The van der Waals surface area contributed by atoms with Gasteiger partial charge in [0.1, 0.15) is 0 Å². The van der Waals surface area contributed by atoms with Crippen LogP contribution in [-0.4, -0.2) is 25.8 Å². The molecule has 0 aromatic heterocycles. The first-order chi connectivity index (χ1) is 4.21. The molecule has 0 bridgehead atoms. The monoisotopic (exact) mass is 188 g/mol. The third-order valence-corrected chi connectivity index (χ3v) is 0.787. The second-order valence-corrected chi connectivity index (χ2v) is 2.40. The van der Waals surface area contributed by atoms with E-state index < -0.39 is 23.2 Å². The molecule has 9 heteroatoms. The van der Waals surface area contributed by atoms with Gasteiger partial charge in [-0.3, -0.25) is 4.55 Å². The summed E-state index contributed by atoms with van der Waals surface area (Å²) in [6.45, 7) is -2.01. The molecular weight excluding hydrogens is 184 g/mol. The van der Waals surface area contributed by atoms with E-state index in [0.29, 0.717) is 0 Å². The van der Waals surface area contributed by atoms with Crippen LogP contribution in [0.25, 0.3) is 0 Å². The van der Waals surface area contributed by atoms with Crippen LogP contribution in [0.3, 0.4) is 0 Å². The summed E-state index contributed by atoms with van der Waals surface area (Å²) in [6, 6.07) is 0. The molecule has 0 aliphatic heterocycles. The van der Waals surface area contributed by atoms with Gasteiger partial charge in [0.25, 0.3) is 0 Å². The van der Waals surface area contributed by atoms with Gasteiger partial charge < -0.3 is 1.43 Å². The van der Waals surface area contributed by atoms with Crippen molar-refractivity contribution in [1.29, 1.82) is 0 Å². The summed E-state index contributed by atoms with van der Waals surface area (Å²) in [4.78, 5) is 0. The molecule has 0 rings (SSSR count). The third kappa shape index (κ3) is 13.3. The predicted octanol–water partition coefficient (Wildman–Crippen LogP) is -2.52. The molecule has 0 atom stereocenters. The van der Waals surface area contributed by atoms with Crippen molar-refractivity contribution in [2.45, 2.75) is 6.18 Å². The second kappa shape index (κ2) is 4.32. The Kier molecular flexibility index (Phi) is 5.43. The van der Waals surface area contributed by atoms with Crippen molar-refractivity contribution in [3.63, 3.8) is 0 Å². The molecule has 0 heterocycles. The average Bonchev–Trinajstić information content (AvgIpc) is 1.57. The van der Waals surface area contributed by atoms with Crippen LogP contribution in [0.5, 0.6) is 0 Å². The SMILES string of the molecule is O=S(=O)(O)OCC(F)(F)F.[H-].[Li+]. The van der Waals surface area contributed by atoms with E-state index in [0.717, 1.165) is 0 Å². The van der Waals surface area contributed by atoms with E-state index in [1.54, 1.807) is 0 Å². The zero-order chi connectivity index (χ0) is 8.41.